The van der Waals surface area contributed by atoms with Gasteiger partial charge in [0.05, 0.1) is 0 Å². The molecule has 3 heteroatoms. The molecule has 0 spiro atoms. The van der Waals surface area contributed by atoms with Crippen LogP contribution >= 0.6 is 0 Å². The summed E-state index contributed by atoms with van der Waals surface area (Å²) in [6, 6.07) is 0.682. The van der Waals surface area contributed by atoms with Gasteiger partial charge in [-0.1, -0.05) is 33.6 Å². The van der Waals surface area contributed by atoms with Crippen LogP contribution in [0, 0.1) is 11.8 Å². The second-order valence-corrected chi connectivity index (χ2v) is 7.23. The highest BCUT2D eigenvalue weighted by Gasteiger charge is 2.26. The molecule has 16 heavy (non-hydrogen) atoms. The van der Waals surface area contributed by atoms with E-state index in [0.717, 1.165) is 24.8 Å². The number of hydrogen-bond acceptors (Lipinski definition) is 2. The smallest absolute Gasteiger partial charge is 0.0329 e. The Bertz CT molecular complexity index is 232. The zero-order valence-electron chi connectivity index (χ0n) is 11.2. The van der Waals surface area contributed by atoms with Crippen molar-refractivity contribution in [3.63, 3.8) is 0 Å². The Morgan fingerprint density at radius 3 is 2.69 bits per heavy atom. The van der Waals surface area contributed by atoms with Crippen LogP contribution in [0.5, 0.6) is 0 Å². The third-order valence-corrected chi connectivity index (χ3v) is 5.60. The highest BCUT2D eigenvalue weighted by Crippen LogP contribution is 2.29. The van der Waals surface area contributed by atoms with E-state index in [-0.39, 0.29) is 0 Å². The van der Waals surface area contributed by atoms with Crippen LogP contribution in [0.2, 0.25) is 0 Å². The van der Waals surface area contributed by atoms with Gasteiger partial charge in [0.15, 0.2) is 0 Å². The lowest BCUT2D eigenvalue weighted by Crippen LogP contribution is -2.41. The Hall–Kier alpha value is 0.110. The SMILES string of the molecule is C[C@H]1[C@H](C)CCC[C@@H]1NCC[C@H](C)[S@@](C)=O. The van der Waals surface area contributed by atoms with Gasteiger partial charge in [0.1, 0.15) is 0 Å². The van der Waals surface area contributed by atoms with Crippen LogP contribution < -0.4 is 5.32 Å². The highest BCUT2D eigenvalue weighted by molar-refractivity contribution is 7.84. The van der Waals surface area contributed by atoms with Gasteiger partial charge in [0.25, 0.3) is 0 Å². The van der Waals surface area contributed by atoms with Crippen LogP contribution in [0.25, 0.3) is 0 Å². The molecule has 5 atom stereocenters. The van der Waals surface area contributed by atoms with Gasteiger partial charge < -0.3 is 5.32 Å². The van der Waals surface area contributed by atoms with Crippen molar-refractivity contribution in [3.05, 3.63) is 0 Å². The quantitative estimate of drug-likeness (QED) is 0.806. The van der Waals surface area contributed by atoms with E-state index in [1.165, 1.54) is 19.3 Å². The molecule has 96 valence electrons. The Balaban J connectivity index is 2.24. The topological polar surface area (TPSA) is 29.1 Å². The molecule has 1 fully saturated rings. The maximum Gasteiger partial charge on any atom is 0.0329 e. The maximum absolute atomic E-state index is 11.2. The summed E-state index contributed by atoms with van der Waals surface area (Å²) in [6.45, 7) is 7.82. The molecule has 0 unspecified atom stereocenters. The van der Waals surface area contributed by atoms with Gasteiger partial charge in [0.2, 0.25) is 0 Å². The molecule has 0 bridgehead atoms. The molecule has 1 N–H and O–H groups in total. The second kappa shape index (κ2) is 6.75. The molecule has 1 rings (SSSR count). The van der Waals surface area contributed by atoms with Crippen molar-refractivity contribution < 1.29 is 4.21 Å². The second-order valence-electron chi connectivity index (χ2n) is 5.43. The van der Waals surface area contributed by atoms with Crippen LogP contribution in [0.4, 0.5) is 0 Å². The minimum atomic E-state index is -0.672. The van der Waals surface area contributed by atoms with Crippen LogP contribution in [0.1, 0.15) is 46.5 Å². The van der Waals surface area contributed by atoms with Gasteiger partial charge in [-0.15, -0.1) is 0 Å². The molecule has 0 amide bonds. The van der Waals surface area contributed by atoms with Gasteiger partial charge in [-0.2, -0.15) is 0 Å². The number of rotatable bonds is 5. The van der Waals surface area contributed by atoms with Gasteiger partial charge in [0, 0.05) is 28.3 Å². The fourth-order valence-electron chi connectivity index (χ4n) is 2.51. The first-order chi connectivity index (χ1) is 7.52. The van der Waals surface area contributed by atoms with Crippen molar-refractivity contribution in [2.75, 3.05) is 12.8 Å². The van der Waals surface area contributed by atoms with Gasteiger partial charge in [-0.25, -0.2) is 0 Å². The molecule has 0 aromatic heterocycles. The normalized spacial score (nSPS) is 34.6. The van der Waals surface area contributed by atoms with Gasteiger partial charge in [-0.05, 0) is 31.2 Å². The van der Waals surface area contributed by atoms with E-state index in [2.05, 4.69) is 26.1 Å². The summed E-state index contributed by atoms with van der Waals surface area (Å²) >= 11 is 0. The lowest BCUT2D eigenvalue weighted by atomic mass is 9.78. The van der Waals surface area contributed by atoms with Crippen molar-refractivity contribution >= 4 is 10.8 Å². The molecular weight excluding hydrogens is 218 g/mol. The van der Waals surface area contributed by atoms with E-state index >= 15 is 0 Å². The summed E-state index contributed by atoms with van der Waals surface area (Å²) in [5, 5.41) is 3.98. The van der Waals surface area contributed by atoms with Crippen LogP contribution in [-0.2, 0) is 10.8 Å². The van der Waals surface area contributed by atoms with Crippen LogP contribution in [-0.4, -0.2) is 28.3 Å². The van der Waals surface area contributed by atoms with E-state index in [1.807, 2.05) is 0 Å². The molecule has 0 aromatic rings. The molecule has 2 nitrogen and oxygen atoms in total. The van der Waals surface area contributed by atoms with E-state index < -0.39 is 10.8 Å². The minimum absolute atomic E-state index is 0.323. The van der Waals surface area contributed by atoms with E-state index in [9.17, 15) is 4.21 Å². The Kier molecular flexibility index (Phi) is 5.98. The van der Waals surface area contributed by atoms with Crippen LogP contribution in [0.15, 0.2) is 0 Å². The summed E-state index contributed by atoms with van der Waals surface area (Å²) in [6.07, 6.45) is 6.89. The average Bonchev–Trinajstić information content (AvgIpc) is 2.24. The van der Waals surface area contributed by atoms with Gasteiger partial charge >= 0.3 is 0 Å². The minimum Gasteiger partial charge on any atom is -0.314 e. The lowest BCUT2D eigenvalue weighted by Gasteiger charge is -2.35. The number of nitrogens with one attached hydrogen (secondary N) is 1. The standard InChI is InChI=1S/C13H27NOS/c1-10-6-5-7-13(12(10)3)14-9-8-11(2)16(4)15/h10-14H,5-9H2,1-4H3/t10-,11+,12+,13+,16-/m1/s1. The Morgan fingerprint density at radius 1 is 1.38 bits per heavy atom. The molecule has 1 aliphatic carbocycles. The average molecular weight is 245 g/mol. The Morgan fingerprint density at radius 2 is 2.06 bits per heavy atom. The summed E-state index contributed by atoms with van der Waals surface area (Å²) in [5.41, 5.74) is 0. The maximum atomic E-state index is 11.2. The number of hydrogen-bond donors (Lipinski definition) is 1. The first-order valence-electron chi connectivity index (χ1n) is 6.58. The lowest BCUT2D eigenvalue weighted by molar-refractivity contribution is 0.207. The fraction of sp³-hybridized carbons (Fsp3) is 1.00. The molecule has 0 radical (unpaired) electrons. The van der Waals surface area contributed by atoms with E-state index in [1.54, 1.807) is 6.26 Å². The predicted molar refractivity (Wildman–Crippen MR) is 72.1 cm³/mol. The van der Waals surface area contributed by atoms with Crippen molar-refractivity contribution in [2.24, 2.45) is 11.8 Å². The third kappa shape index (κ3) is 4.17. The van der Waals surface area contributed by atoms with Crippen molar-refractivity contribution in [1.82, 2.24) is 5.32 Å². The monoisotopic (exact) mass is 245 g/mol. The molecule has 1 saturated carbocycles. The molecule has 0 aromatic carbocycles. The molecule has 1 aliphatic rings. The van der Waals surface area contributed by atoms with E-state index in [0.29, 0.717) is 11.3 Å². The summed E-state index contributed by atoms with van der Waals surface area (Å²) < 4.78 is 11.2. The highest BCUT2D eigenvalue weighted by atomic mass is 32.2. The van der Waals surface area contributed by atoms with Crippen LogP contribution in [0.3, 0.4) is 0 Å². The zero-order chi connectivity index (χ0) is 12.1. The van der Waals surface area contributed by atoms with E-state index in [4.69, 9.17) is 0 Å². The Labute approximate surface area is 103 Å². The van der Waals surface area contributed by atoms with Crippen molar-refractivity contribution in [2.45, 2.75) is 57.7 Å². The zero-order valence-corrected chi connectivity index (χ0v) is 12.0. The summed E-state index contributed by atoms with van der Waals surface area (Å²) in [7, 11) is -0.672. The molecular formula is C13H27NOS. The predicted octanol–water partition coefficient (Wildman–Crippen LogP) is 2.56. The summed E-state index contributed by atoms with van der Waals surface area (Å²) in [4.78, 5) is 0. The first-order valence-corrected chi connectivity index (χ1v) is 8.20. The third-order valence-electron chi connectivity index (χ3n) is 4.23. The summed E-state index contributed by atoms with van der Waals surface area (Å²) in [5.74, 6) is 1.64. The van der Waals surface area contributed by atoms with Gasteiger partial charge in [-0.3, -0.25) is 4.21 Å². The fourth-order valence-corrected chi connectivity index (χ4v) is 2.96. The largest absolute Gasteiger partial charge is 0.314 e. The molecule has 0 saturated heterocycles. The molecule has 0 heterocycles. The first kappa shape index (κ1) is 14.2. The van der Waals surface area contributed by atoms with Crippen molar-refractivity contribution in [3.8, 4) is 0 Å². The molecule has 0 aliphatic heterocycles. The van der Waals surface area contributed by atoms with Crippen molar-refractivity contribution in [1.29, 1.82) is 0 Å².